The standard InChI is InChI=1S/C13H15BrN2O2/c1-10(17)15-6-8-16(9-7-15)13(18)11-4-2-3-5-12(11)14/h2-5H,6-9H2,1H3. The van der Waals surface area contributed by atoms with Crippen LogP contribution in [0, 0.1) is 0 Å². The first kappa shape index (κ1) is 13.1. The first-order chi connectivity index (χ1) is 8.59. The van der Waals surface area contributed by atoms with Gasteiger partial charge in [-0.05, 0) is 28.1 Å². The van der Waals surface area contributed by atoms with Crippen molar-refractivity contribution in [2.45, 2.75) is 6.92 Å². The van der Waals surface area contributed by atoms with Crippen molar-refractivity contribution in [1.82, 2.24) is 9.80 Å². The summed E-state index contributed by atoms with van der Waals surface area (Å²) in [4.78, 5) is 27.1. The van der Waals surface area contributed by atoms with Gasteiger partial charge in [0.2, 0.25) is 5.91 Å². The predicted molar refractivity (Wildman–Crippen MR) is 72.3 cm³/mol. The molecule has 0 saturated carbocycles. The Morgan fingerprint density at radius 2 is 1.61 bits per heavy atom. The molecule has 1 aromatic rings. The van der Waals surface area contributed by atoms with Crippen molar-refractivity contribution < 1.29 is 9.59 Å². The average molecular weight is 311 g/mol. The fourth-order valence-electron chi connectivity index (χ4n) is 2.03. The van der Waals surface area contributed by atoms with Crippen molar-refractivity contribution in [3.05, 3.63) is 34.3 Å². The zero-order valence-corrected chi connectivity index (χ0v) is 11.8. The predicted octanol–water partition coefficient (Wildman–Crippen LogP) is 1.75. The molecule has 96 valence electrons. The molecule has 0 unspecified atom stereocenters. The quantitative estimate of drug-likeness (QED) is 0.793. The fourth-order valence-corrected chi connectivity index (χ4v) is 2.48. The Hall–Kier alpha value is -1.36. The summed E-state index contributed by atoms with van der Waals surface area (Å²) in [6, 6.07) is 7.40. The van der Waals surface area contributed by atoms with Gasteiger partial charge in [-0.3, -0.25) is 9.59 Å². The van der Waals surface area contributed by atoms with Gasteiger partial charge in [-0.2, -0.15) is 0 Å². The maximum Gasteiger partial charge on any atom is 0.255 e. The highest BCUT2D eigenvalue weighted by molar-refractivity contribution is 9.10. The molecule has 1 aliphatic heterocycles. The third-order valence-electron chi connectivity index (χ3n) is 3.12. The van der Waals surface area contributed by atoms with Gasteiger partial charge in [-0.1, -0.05) is 12.1 Å². The van der Waals surface area contributed by atoms with E-state index >= 15 is 0 Å². The van der Waals surface area contributed by atoms with Crippen LogP contribution in [-0.2, 0) is 4.79 Å². The lowest BCUT2D eigenvalue weighted by molar-refractivity contribution is -0.130. The number of piperazine rings is 1. The van der Waals surface area contributed by atoms with Gasteiger partial charge < -0.3 is 9.80 Å². The molecule has 1 saturated heterocycles. The van der Waals surface area contributed by atoms with Gasteiger partial charge in [-0.15, -0.1) is 0 Å². The minimum atomic E-state index is 0.0191. The van der Waals surface area contributed by atoms with Crippen molar-refractivity contribution in [2.75, 3.05) is 26.2 Å². The number of halogens is 1. The monoisotopic (exact) mass is 310 g/mol. The van der Waals surface area contributed by atoms with Crippen LogP contribution in [0.25, 0.3) is 0 Å². The van der Waals surface area contributed by atoms with Crippen molar-refractivity contribution in [1.29, 1.82) is 0 Å². The molecular weight excluding hydrogens is 296 g/mol. The zero-order chi connectivity index (χ0) is 13.1. The molecule has 2 amide bonds. The number of nitrogens with zero attached hydrogens (tertiary/aromatic N) is 2. The van der Waals surface area contributed by atoms with Gasteiger partial charge in [0.15, 0.2) is 0 Å². The van der Waals surface area contributed by atoms with Crippen molar-refractivity contribution in [3.8, 4) is 0 Å². The molecular formula is C13H15BrN2O2. The third kappa shape index (κ3) is 2.72. The van der Waals surface area contributed by atoms with E-state index in [2.05, 4.69) is 15.9 Å². The maximum absolute atomic E-state index is 12.3. The Balaban J connectivity index is 2.04. The Kier molecular flexibility index (Phi) is 4.01. The van der Waals surface area contributed by atoms with E-state index in [0.29, 0.717) is 31.7 Å². The number of hydrogen-bond donors (Lipinski definition) is 0. The summed E-state index contributed by atoms with van der Waals surface area (Å²) in [6.45, 7) is 3.99. The van der Waals surface area contributed by atoms with Gasteiger partial charge in [-0.25, -0.2) is 0 Å². The summed E-state index contributed by atoms with van der Waals surface area (Å²) in [5, 5.41) is 0. The summed E-state index contributed by atoms with van der Waals surface area (Å²) in [7, 11) is 0. The van der Waals surface area contributed by atoms with E-state index in [1.54, 1.807) is 16.7 Å². The third-order valence-corrected chi connectivity index (χ3v) is 3.81. The van der Waals surface area contributed by atoms with Crippen LogP contribution in [-0.4, -0.2) is 47.8 Å². The van der Waals surface area contributed by atoms with Gasteiger partial charge in [0.1, 0.15) is 0 Å². The smallest absolute Gasteiger partial charge is 0.255 e. The molecule has 0 bridgehead atoms. The van der Waals surface area contributed by atoms with Crippen LogP contribution >= 0.6 is 15.9 Å². The van der Waals surface area contributed by atoms with Crippen LogP contribution in [0.5, 0.6) is 0 Å². The van der Waals surface area contributed by atoms with E-state index in [1.807, 2.05) is 24.3 Å². The van der Waals surface area contributed by atoms with E-state index < -0.39 is 0 Å². The largest absolute Gasteiger partial charge is 0.339 e. The lowest BCUT2D eigenvalue weighted by Crippen LogP contribution is -2.50. The zero-order valence-electron chi connectivity index (χ0n) is 10.2. The second-order valence-corrected chi connectivity index (χ2v) is 5.13. The Bertz CT molecular complexity index is 468. The lowest BCUT2D eigenvalue weighted by Gasteiger charge is -2.34. The molecule has 5 heteroatoms. The van der Waals surface area contributed by atoms with Crippen LogP contribution in [0.15, 0.2) is 28.7 Å². The van der Waals surface area contributed by atoms with Gasteiger partial charge in [0.25, 0.3) is 5.91 Å². The van der Waals surface area contributed by atoms with Crippen molar-refractivity contribution in [2.24, 2.45) is 0 Å². The highest BCUT2D eigenvalue weighted by atomic mass is 79.9. The summed E-state index contributed by atoms with van der Waals surface area (Å²) in [5.41, 5.74) is 0.675. The number of carbonyl (C=O) groups excluding carboxylic acids is 2. The normalized spacial score (nSPS) is 15.7. The molecule has 0 aromatic heterocycles. The van der Waals surface area contributed by atoms with E-state index in [9.17, 15) is 9.59 Å². The summed E-state index contributed by atoms with van der Waals surface area (Å²) >= 11 is 3.39. The van der Waals surface area contributed by atoms with Crippen LogP contribution in [0.4, 0.5) is 0 Å². The summed E-state index contributed by atoms with van der Waals surface area (Å²) in [6.07, 6.45) is 0. The van der Waals surface area contributed by atoms with E-state index in [1.165, 1.54) is 0 Å². The van der Waals surface area contributed by atoms with Crippen LogP contribution in [0.1, 0.15) is 17.3 Å². The molecule has 0 spiro atoms. The fraction of sp³-hybridized carbons (Fsp3) is 0.385. The molecule has 1 heterocycles. The van der Waals surface area contributed by atoms with Crippen molar-refractivity contribution >= 4 is 27.7 Å². The Morgan fingerprint density at radius 3 is 2.17 bits per heavy atom. The highest BCUT2D eigenvalue weighted by Gasteiger charge is 2.23. The number of rotatable bonds is 1. The Morgan fingerprint density at radius 1 is 1.06 bits per heavy atom. The Labute approximate surface area is 115 Å². The molecule has 0 radical (unpaired) electrons. The lowest BCUT2D eigenvalue weighted by atomic mass is 10.2. The molecule has 1 aromatic carbocycles. The summed E-state index contributed by atoms with van der Waals surface area (Å²) < 4.78 is 0.809. The number of carbonyl (C=O) groups is 2. The van der Waals surface area contributed by atoms with Gasteiger partial charge in [0, 0.05) is 37.6 Å². The molecule has 1 fully saturated rings. The molecule has 4 nitrogen and oxygen atoms in total. The molecule has 0 N–H and O–H groups in total. The van der Waals surface area contributed by atoms with Crippen molar-refractivity contribution in [3.63, 3.8) is 0 Å². The molecule has 1 aliphatic rings. The van der Waals surface area contributed by atoms with Crippen LogP contribution in [0.3, 0.4) is 0 Å². The van der Waals surface area contributed by atoms with Gasteiger partial charge >= 0.3 is 0 Å². The molecule has 0 atom stereocenters. The van der Waals surface area contributed by atoms with E-state index in [-0.39, 0.29) is 11.8 Å². The maximum atomic E-state index is 12.3. The van der Waals surface area contributed by atoms with E-state index in [0.717, 1.165) is 4.47 Å². The minimum Gasteiger partial charge on any atom is -0.339 e. The molecule has 0 aliphatic carbocycles. The highest BCUT2D eigenvalue weighted by Crippen LogP contribution is 2.18. The number of amides is 2. The topological polar surface area (TPSA) is 40.6 Å². The van der Waals surface area contributed by atoms with Gasteiger partial charge in [0.05, 0.1) is 5.56 Å². The number of benzene rings is 1. The second kappa shape index (κ2) is 5.52. The average Bonchev–Trinajstić information content (AvgIpc) is 2.38. The minimum absolute atomic E-state index is 0.0191. The number of hydrogen-bond acceptors (Lipinski definition) is 2. The SMILES string of the molecule is CC(=O)N1CCN(C(=O)c2ccccc2Br)CC1. The first-order valence-corrected chi connectivity index (χ1v) is 6.68. The van der Waals surface area contributed by atoms with Crippen LogP contribution in [0.2, 0.25) is 0 Å². The first-order valence-electron chi connectivity index (χ1n) is 5.89. The summed E-state index contributed by atoms with van der Waals surface area (Å²) in [5.74, 6) is 0.0914. The van der Waals surface area contributed by atoms with E-state index in [4.69, 9.17) is 0 Å². The van der Waals surface area contributed by atoms with Crippen LogP contribution < -0.4 is 0 Å². The second-order valence-electron chi connectivity index (χ2n) is 4.28. The molecule has 18 heavy (non-hydrogen) atoms. The molecule has 2 rings (SSSR count).